The van der Waals surface area contributed by atoms with E-state index in [0.29, 0.717) is 16.3 Å². The molecule has 108 valence electrons. The minimum Gasteiger partial charge on any atom is -0.297 e. The first-order valence-electron chi connectivity index (χ1n) is 6.75. The summed E-state index contributed by atoms with van der Waals surface area (Å²) in [4.78, 5) is 1.00. The molecular weight excluding hydrogens is 311 g/mol. The van der Waals surface area contributed by atoms with Crippen LogP contribution in [0.1, 0.15) is 33.1 Å². The molecule has 0 bridgehead atoms. The molecule has 0 aliphatic heterocycles. The van der Waals surface area contributed by atoms with Crippen LogP contribution in [0.25, 0.3) is 0 Å². The van der Waals surface area contributed by atoms with Gasteiger partial charge in [0.25, 0.3) is 0 Å². The second-order valence-electron chi connectivity index (χ2n) is 5.55. The van der Waals surface area contributed by atoms with Gasteiger partial charge in [-0.05, 0) is 51.3 Å². The zero-order chi connectivity index (χ0) is 14.8. The van der Waals surface area contributed by atoms with Crippen LogP contribution >= 0.6 is 35.0 Å². The Balaban J connectivity index is 2.06. The second-order valence-corrected chi connectivity index (χ2v) is 7.74. The predicted octanol–water partition coefficient (Wildman–Crippen LogP) is 4.90. The number of nitrogens with zero attached hydrogens (tertiary/aromatic N) is 1. The van der Waals surface area contributed by atoms with Gasteiger partial charge in [0.15, 0.2) is 0 Å². The van der Waals surface area contributed by atoms with Gasteiger partial charge in [0.05, 0.1) is 11.1 Å². The number of halogens is 2. The number of hydrogen-bond donors (Lipinski definition) is 1. The Kier molecular flexibility index (Phi) is 5.25. The zero-order valence-corrected chi connectivity index (χ0v) is 13.9. The van der Waals surface area contributed by atoms with Crippen molar-refractivity contribution >= 4 is 35.0 Å². The number of nitriles is 1. The maximum absolute atomic E-state index is 9.48. The third kappa shape index (κ3) is 3.83. The Labute approximate surface area is 134 Å². The molecule has 20 heavy (non-hydrogen) atoms. The number of nitrogens with one attached hydrogen (secondary N) is 1. The molecular formula is C15H18Cl2N2S. The van der Waals surface area contributed by atoms with Gasteiger partial charge in [-0.25, -0.2) is 0 Å². The van der Waals surface area contributed by atoms with Crippen LogP contribution in [0.15, 0.2) is 23.1 Å². The molecule has 0 amide bonds. The minimum absolute atomic E-state index is 0.313. The van der Waals surface area contributed by atoms with Crippen LogP contribution in [0.4, 0.5) is 0 Å². The summed E-state index contributed by atoms with van der Waals surface area (Å²) in [6.45, 7) is 4.15. The fourth-order valence-corrected chi connectivity index (χ4v) is 4.49. The lowest BCUT2D eigenvalue weighted by atomic mass is 9.99. The van der Waals surface area contributed by atoms with Crippen LogP contribution in [0.2, 0.25) is 10.0 Å². The van der Waals surface area contributed by atoms with Crippen LogP contribution < -0.4 is 5.32 Å². The second kappa shape index (κ2) is 6.58. The Bertz CT molecular complexity index is 527. The van der Waals surface area contributed by atoms with Crippen molar-refractivity contribution in [3.8, 4) is 6.07 Å². The van der Waals surface area contributed by atoms with E-state index < -0.39 is 5.54 Å². The molecule has 0 saturated heterocycles. The van der Waals surface area contributed by atoms with Gasteiger partial charge in [0.2, 0.25) is 0 Å². The highest BCUT2D eigenvalue weighted by Gasteiger charge is 2.40. The number of benzene rings is 1. The third-order valence-corrected chi connectivity index (χ3v) is 5.44. The molecule has 1 aliphatic carbocycles. The molecule has 5 heteroatoms. The molecule has 2 atom stereocenters. The summed E-state index contributed by atoms with van der Waals surface area (Å²) in [5.41, 5.74) is -0.392. The average Bonchev–Trinajstić information content (AvgIpc) is 2.77. The van der Waals surface area contributed by atoms with Crippen molar-refractivity contribution in [3.63, 3.8) is 0 Å². The molecule has 1 N–H and O–H groups in total. The highest BCUT2D eigenvalue weighted by atomic mass is 35.5. The lowest BCUT2D eigenvalue weighted by Crippen LogP contribution is -2.45. The molecule has 0 spiro atoms. The molecule has 1 aromatic rings. The first kappa shape index (κ1) is 16.0. The van der Waals surface area contributed by atoms with Crippen LogP contribution in [-0.2, 0) is 0 Å². The maximum Gasteiger partial charge on any atom is 0.108 e. The van der Waals surface area contributed by atoms with Crippen molar-refractivity contribution in [3.05, 3.63) is 28.2 Å². The van der Waals surface area contributed by atoms with Crippen molar-refractivity contribution in [1.29, 1.82) is 5.26 Å². The summed E-state index contributed by atoms with van der Waals surface area (Å²) >= 11 is 14.0. The van der Waals surface area contributed by atoms with Gasteiger partial charge < -0.3 is 0 Å². The van der Waals surface area contributed by atoms with E-state index in [4.69, 9.17) is 23.2 Å². The molecule has 1 aromatic carbocycles. The van der Waals surface area contributed by atoms with E-state index in [0.717, 1.165) is 29.2 Å². The Morgan fingerprint density at radius 2 is 2.20 bits per heavy atom. The number of thioether (sulfide) groups is 1. The fraction of sp³-hybridized carbons (Fsp3) is 0.533. The Hall–Kier alpha value is -0.400. The molecule has 1 fully saturated rings. The van der Waals surface area contributed by atoms with Gasteiger partial charge >= 0.3 is 0 Å². The Morgan fingerprint density at radius 1 is 1.45 bits per heavy atom. The molecule has 1 saturated carbocycles. The van der Waals surface area contributed by atoms with E-state index in [-0.39, 0.29) is 0 Å². The first-order valence-corrected chi connectivity index (χ1v) is 8.38. The smallest absolute Gasteiger partial charge is 0.108 e. The van der Waals surface area contributed by atoms with Gasteiger partial charge in [-0.3, -0.25) is 5.32 Å². The average molecular weight is 329 g/mol. The molecule has 2 unspecified atom stereocenters. The van der Waals surface area contributed by atoms with E-state index >= 15 is 0 Å². The normalized spacial score (nSPS) is 25.9. The molecule has 1 aliphatic rings. The van der Waals surface area contributed by atoms with Crippen LogP contribution in [0, 0.1) is 11.3 Å². The molecule has 0 heterocycles. The fourth-order valence-electron chi connectivity index (χ4n) is 2.67. The van der Waals surface area contributed by atoms with Crippen LogP contribution in [-0.4, -0.2) is 16.8 Å². The standard InChI is InChI=1S/C15H18Cl2N2S/c1-10(2)19-15(9-18)6-5-12(8-15)20-14-7-11(16)3-4-13(14)17/h3-4,7,10,12,19H,5-6,8H2,1-2H3. The topological polar surface area (TPSA) is 35.8 Å². The highest BCUT2D eigenvalue weighted by molar-refractivity contribution is 8.00. The third-order valence-electron chi connectivity index (χ3n) is 3.44. The first-order chi connectivity index (χ1) is 9.44. The molecule has 0 radical (unpaired) electrons. The van der Waals surface area contributed by atoms with Gasteiger partial charge in [-0.15, -0.1) is 11.8 Å². The monoisotopic (exact) mass is 328 g/mol. The summed E-state index contributed by atoms with van der Waals surface area (Å²) in [6.07, 6.45) is 2.74. The van der Waals surface area contributed by atoms with Crippen LogP contribution in [0.3, 0.4) is 0 Å². The summed E-state index contributed by atoms with van der Waals surface area (Å²) in [6, 6.07) is 8.30. The summed E-state index contributed by atoms with van der Waals surface area (Å²) < 4.78 is 0. The van der Waals surface area contributed by atoms with E-state index in [1.165, 1.54) is 0 Å². The summed E-state index contributed by atoms with van der Waals surface area (Å²) in [5.74, 6) is 0. The van der Waals surface area contributed by atoms with Gasteiger partial charge in [0.1, 0.15) is 5.54 Å². The van der Waals surface area contributed by atoms with E-state index in [9.17, 15) is 5.26 Å². The number of hydrogen-bond acceptors (Lipinski definition) is 3. The van der Waals surface area contributed by atoms with E-state index in [2.05, 4.69) is 25.2 Å². The lowest BCUT2D eigenvalue weighted by Gasteiger charge is -2.25. The quantitative estimate of drug-likeness (QED) is 0.853. The molecule has 0 aromatic heterocycles. The van der Waals surface area contributed by atoms with Gasteiger partial charge in [-0.1, -0.05) is 23.2 Å². The van der Waals surface area contributed by atoms with Gasteiger partial charge in [-0.2, -0.15) is 5.26 Å². The predicted molar refractivity (Wildman–Crippen MR) is 86.6 cm³/mol. The molecule has 2 rings (SSSR count). The summed E-state index contributed by atoms with van der Waals surface area (Å²) in [7, 11) is 0. The van der Waals surface area contributed by atoms with Crippen molar-refractivity contribution in [2.45, 2.75) is 54.8 Å². The van der Waals surface area contributed by atoms with Crippen LogP contribution in [0.5, 0.6) is 0 Å². The van der Waals surface area contributed by atoms with Crippen molar-refractivity contribution in [2.75, 3.05) is 0 Å². The summed E-state index contributed by atoms with van der Waals surface area (Å²) in [5, 5.41) is 14.7. The van der Waals surface area contributed by atoms with E-state index in [1.807, 2.05) is 12.1 Å². The van der Waals surface area contributed by atoms with Crippen molar-refractivity contribution < 1.29 is 0 Å². The lowest BCUT2D eigenvalue weighted by molar-refractivity contribution is 0.386. The van der Waals surface area contributed by atoms with Crippen molar-refractivity contribution in [2.24, 2.45) is 0 Å². The maximum atomic E-state index is 9.48. The zero-order valence-electron chi connectivity index (χ0n) is 11.6. The van der Waals surface area contributed by atoms with E-state index in [1.54, 1.807) is 17.8 Å². The van der Waals surface area contributed by atoms with Gasteiger partial charge in [0, 0.05) is 21.2 Å². The highest BCUT2D eigenvalue weighted by Crippen LogP contribution is 2.42. The SMILES string of the molecule is CC(C)NC1(C#N)CCC(Sc2cc(Cl)ccc2Cl)C1. The minimum atomic E-state index is -0.392. The molecule has 2 nitrogen and oxygen atoms in total. The number of rotatable bonds is 4. The Morgan fingerprint density at radius 3 is 2.85 bits per heavy atom. The largest absolute Gasteiger partial charge is 0.297 e. The van der Waals surface area contributed by atoms with Crippen molar-refractivity contribution in [1.82, 2.24) is 5.32 Å².